The van der Waals surface area contributed by atoms with Crippen molar-refractivity contribution in [2.24, 2.45) is 0 Å². The molecule has 5 nitrogen and oxygen atoms in total. The molecule has 1 aromatic rings. The first-order chi connectivity index (χ1) is 18.2. The van der Waals surface area contributed by atoms with E-state index < -0.39 is 0 Å². The third-order valence-electron chi connectivity index (χ3n) is 6.29. The highest BCUT2D eigenvalue weighted by Crippen LogP contribution is 2.18. The number of nitrogens with one attached hydrogen (secondary N) is 1. The summed E-state index contributed by atoms with van der Waals surface area (Å²) >= 11 is 0. The molecule has 1 atom stereocenters. The molecule has 37 heavy (non-hydrogen) atoms. The maximum absolute atomic E-state index is 12.8. The van der Waals surface area contributed by atoms with Crippen molar-refractivity contribution in [3.63, 3.8) is 0 Å². The molecule has 200 valence electrons. The van der Waals surface area contributed by atoms with Crippen LogP contribution >= 0.6 is 0 Å². The maximum atomic E-state index is 12.8. The summed E-state index contributed by atoms with van der Waals surface area (Å²) in [4.78, 5) is 31.1. The fourth-order valence-electron chi connectivity index (χ4n) is 4.23. The molecule has 0 saturated carbocycles. The topological polar surface area (TPSA) is 62.3 Å². The van der Waals surface area contributed by atoms with E-state index in [4.69, 9.17) is 0 Å². The first-order valence-electron chi connectivity index (χ1n) is 13.9. The van der Waals surface area contributed by atoms with E-state index in [1.165, 1.54) is 0 Å². The average molecular weight is 504 g/mol. The Labute approximate surface area is 224 Å². The van der Waals surface area contributed by atoms with Gasteiger partial charge in [-0.25, -0.2) is 0 Å². The minimum Gasteiger partial charge on any atom is -0.350 e. The van der Waals surface area contributed by atoms with Crippen LogP contribution in [0.15, 0.2) is 85.3 Å². The van der Waals surface area contributed by atoms with Gasteiger partial charge >= 0.3 is 0 Å². The van der Waals surface area contributed by atoms with Gasteiger partial charge in [0, 0.05) is 37.9 Å². The molecule has 0 aromatic carbocycles. The molecule has 2 amide bonds. The van der Waals surface area contributed by atoms with Crippen molar-refractivity contribution in [1.29, 1.82) is 0 Å². The summed E-state index contributed by atoms with van der Waals surface area (Å²) in [5.74, 6) is 0.0668. The molecule has 1 aromatic heterocycles. The minimum atomic E-state index is -0.135. The Hall–Kier alpha value is -3.21. The van der Waals surface area contributed by atoms with Crippen LogP contribution in [0.25, 0.3) is 0 Å². The van der Waals surface area contributed by atoms with Crippen LogP contribution in [0.1, 0.15) is 87.9 Å². The van der Waals surface area contributed by atoms with Crippen LogP contribution in [0.3, 0.4) is 0 Å². The number of carbonyl (C=O) groups excluding carboxylic acids is 2. The number of amides is 2. The number of hydrogen-bond acceptors (Lipinski definition) is 3. The van der Waals surface area contributed by atoms with Crippen LogP contribution < -0.4 is 5.32 Å². The Bertz CT molecular complexity index is 915. The summed E-state index contributed by atoms with van der Waals surface area (Å²) in [7, 11) is 0. The molecule has 5 heteroatoms. The number of allylic oxidation sites excluding steroid dienone is 10. The number of piperidine rings is 1. The third-order valence-corrected chi connectivity index (χ3v) is 6.29. The van der Waals surface area contributed by atoms with Crippen LogP contribution in [0.4, 0.5) is 0 Å². The van der Waals surface area contributed by atoms with Crippen molar-refractivity contribution in [1.82, 2.24) is 15.2 Å². The molecule has 2 heterocycles. The van der Waals surface area contributed by atoms with E-state index >= 15 is 0 Å². The molecule has 0 aliphatic carbocycles. The first kappa shape index (κ1) is 30.0. The number of unbranched alkanes of at least 4 members (excludes halogenated alkanes) is 1. The van der Waals surface area contributed by atoms with Crippen molar-refractivity contribution < 1.29 is 9.59 Å². The number of likely N-dealkylation sites (tertiary alicyclic amines) is 1. The fourth-order valence-corrected chi connectivity index (χ4v) is 4.23. The van der Waals surface area contributed by atoms with E-state index in [9.17, 15) is 9.59 Å². The Kier molecular flexibility index (Phi) is 16.2. The van der Waals surface area contributed by atoms with Gasteiger partial charge in [-0.2, -0.15) is 0 Å². The van der Waals surface area contributed by atoms with Crippen LogP contribution in [-0.4, -0.2) is 40.8 Å². The zero-order valence-corrected chi connectivity index (χ0v) is 22.6. The molecule has 1 N–H and O–H groups in total. The van der Waals surface area contributed by atoms with Crippen molar-refractivity contribution in [2.75, 3.05) is 13.1 Å². The molecule has 0 radical (unpaired) electrons. The van der Waals surface area contributed by atoms with Gasteiger partial charge in [-0.05, 0) is 76.3 Å². The zero-order valence-electron chi connectivity index (χ0n) is 22.6. The third kappa shape index (κ3) is 13.6. The van der Waals surface area contributed by atoms with Gasteiger partial charge in [0.1, 0.15) is 0 Å². The Morgan fingerprint density at radius 2 is 1.59 bits per heavy atom. The van der Waals surface area contributed by atoms with Gasteiger partial charge in [0.25, 0.3) is 5.91 Å². The number of rotatable bonds is 16. The SMILES string of the molecule is CC/C=C\C/C=C\C/C=C\C/C=C\C/C=C\CCCC(=O)N1CCCCC1CNC(=O)c1cccnc1. The molecule has 1 aliphatic rings. The van der Waals surface area contributed by atoms with Crippen molar-refractivity contribution >= 4 is 11.8 Å². The molecule has 1 fully saturated rings. The van der Waals surface area contributed by atoms with E-state index in [-0.39, 0.29) is 17.9 Å². The summed E-state index contributed by atoms with van der Waals surface area (Å²) in [6.07, 6.45) is 35.6. The first-order valence-corrected chi connectivity index (χ1v) is 13.9. The lowest BCUT2D eigenvalue weighted by molar-refractivity contribution is -0.134. The van der Waals surface area contributed by atoms with Gasteiger partial charge < -0.3 is 10.2 Å². The molecule has 2 rings (SSSR count). The highest BCUT2D eigenvalue weighted by atomic mass is 16.2. The Balaban J connectivity index is 1.56. The van der Waals surface area contributed by atoms with E-state index in [0.717, 1.165) is 70.8 Å². The van der Waals surface area contributed by atoms with Gasteiger partial charge in [-0.1, -0.05) is 67.7 Å². The van der Waals surface area contributed by atoms with Crippen LogP contribution in [0.5, 0.6) is 0 Å². The highest BCUT2D eigenvalue weighted by Gasteiger charge is 2.26. The molecule has 1 aliphatic heterocycles. The molecule has 0 bridgehead atoms. The van der Waals surface area contributed by atoms with Crippen molar-refractivity contribution in [3.05, 3.63) is 90.9 Å². The lowest BCUT2D eigenvalue weighted by atomic mass is 10.0. The van der Waals surface area contributed by atoms with Crippen molar-refractivity contribution in [2.45, 2.75) is 83.6 Å². The van der Waals surface area contributed by atoms with Crippen LogP contribution in [0.2, 0.25) is 0 Å². The second kappa shape index (κ2) is 19.9. The van der Waals surface area contributed by atoms with E-state index in [0.29, 0.717) is 18.5 Å². The summed E-state index contributed by atoms with van der Waals surface area (Å²) in [6.45, 7) is 3.43. The molecular formula is C32H45N3O2. The quantitative estimate of drug-likeness (QED) is 0.193. The predicted octanol–water partition coefficient (Wildman–Crippen LogP) is 7.11. The number of carbonyl (C=O) groups is 2. The van der Waals surface area contributed by atoms with Gasteiger partial charge in [0.05, 0.1) is 5.56 Å². The summed E-state index contributed by atoms with van der Waals surface area (Å²) < 4.78 is 0. The second-order valence-electron chi connectivity index (χ2n) is 9.29. The van der Waals surface area contributed by atoms with Gasteiger partial charge in [-0.15, -0.1) is 0 Å². The van der Waals surface area contributed by atoms with E-state index in [1.54, 1.807) is 24.5 Å². The number of pyridine rings is 1. The lowest BCUT2D eigenvalue weighted by Gasteiger charge is -2.36. The van der Waals surface area contributed by atoms with Crippen LogP contribution in [0, 0.1) is 0 Å². The standard InChI is InChI=1S/C32H45N3O2/c1-2-3-4-5-6-7-8-9-10-11-12-13-14-15-16-17-18-24-31(36)35-26-20-19-23-30(35)28-34-32(37)29-22-21-25-33-27-29/h3-4,6-7,9-10,12-13,15-16,21-22,25,27,30H,2,5,8,11,14,17-20,23-24,26,28H2,1H3,(H,34,37)/b4-3-,7-6-,10-9-,13-12-,16-15-. The average Bonchev–Trinajstić information content (AvgIpc) is 2.94. The Morgan fingerprint density at radius 3 is 2.22 bits per heavy atom. The van der Waals surface area contributed by atoms with E-state index in [2.05, 4.69) is 78.0 Å². The number of nitrogens with zero attached hydrogens (tertiary/aromatic N) is 2. The monoisotopic (exact) mass is 503 g/mol. The largest absolute Gasteiger partial charge is 0.350 e. The van der Waals surface area contributed by atoms with Gasteiger partial charge in [-0.3, -0.25) is 14.6 Å². The summed E-state index contributed by atoms with van der Waals surface area (Å²) in [6, 6.07) is 3.58. The normalized spacial score (nSPS) is 16.7. The molecular weight excluding hydrogens is 458 g/mol. The molecule has 1 unspecified atom stereocenters. The predicted molar refractivity (Wildman–Crippen MR) is 154 cm³/mol. The van der Waals surface area contributed by atoms with Gasteiger partial charge in [0.2, 0.25) is 5.91 Å². The highest BCUT2D eigenvalue weighted by molar-refractivity contribution is 5.93. The minimum absolute atomic E-state index is 0.0792. The zero-order chi connectivity index (χ0) is 26.4. The summed E-state index contributed by atoms with van der Waals surface area (Å²) in [5, 5.41) is 2.98. The Morgan fingerprint density at radius 1 is 0.946 bits per heavy atom. The smallest absolute Gasteiger partial charge is 0.252 e. The fraction of sp³-hybridized carbons (Fsp3) is 0.469. The number of aromatic nitrogens is 1. The summed E-state index contributed by atoms with van der Waals surface area (Å²) in [5.41, 5.74) is 0.549. The van der Waals surface area contributed by atoms with E-state index in [1.807, 2.05) is 4.90 Å². The molecule has 1 saturated heterocycles. The van der Waals surface area contributed by atoms with Crippen molar-refractivity contribution in [3.8, 4) is 0 Å². The maximum Gasteiger partial charge on any atom is 0.252 e. The van der Waals surface area contributed by atoms with Gasteiger partial charge in [0.15, 0.2) is 0 Å². The van der Waals surface area contributed by atoms with Crippen LogP contribution in [-0.2, 0) is 4.79 Å². The number of hydrogen-bond donors (Lipinski definition) is 1. The second-order valence-corrected chi connectivity index (χ2v) is 9.29. The lowest BCUT2D eigenvalue weighted by Crippen LogP contribution is -2.49. The molecule has 0 spiro atoms.